The van der Waals surface area contributed by atoms with Crippen LogP contribution in [0.3, 0.4) is 0 Å². The first-order valence-corrected chi connectivity index (χ1v) is 10.8. The Kier molecular flexibility index (Phi) is 9.95. The average molecular weight is 320 g/mol. The maximum Gasteiger partial charge on any atom is 0.616 e. The first-order valence-electron chi connectivity index (χ1n) is 7.21. The van der Waals surface area contributed by atoms with Crippen LogP contribution in [0.2, 0.25) is 12.1 Å². The van der Waals surface area contributed by atoms with E-state index in [1.165, 1.54) is 0 Å². The summed E-state index contributed by atoms with van der Waals surface area (Å²) in [6.07, 6.45) is 4.45. The van der Waals surface area contributed by atoms with E-state index in [-0.39, 0.29) is 12.8 Å². The molecule has 0 spiro atoms. The smallest absolute Gasteiger partial charge is 0.238 e. The highest BCUT2D eigenvalue weighted by atomic mass is 28.5. The van der Waals surface area contributed by atoms with Crippen LogP contribution in [-0.2, 0) is 0 Å². The minimum atomic E-state index is -5.39. The van der Waals surface area contributed by atoms with E-state index in [9.17, 15) is 21.1 Å². The van der Waals surface area contributed by atoms with Crippen LogP contribution in [0.1, 0.15) is 58.3 Å². The lowest BCUT2D eigenvalue weighted by atomic mass is 10.2. The van der Waals surface area contributed by atoms with E-state index in [2.05, 4.69) is 0 Å². The molecule has 0 aliphatic rings. The van der Waals surface area contributed by atoms with Crippen molar-refractivity contribution < 1.29 is 21.1 Å². The molecular weight excluding hydrogens is 295 g/mol. The van der Waals surface area contributed by atoms with Gasteiger partial charge in [-0.25, -0.2) is 21.1 Å². The SMILES string of the molecule is CCCCCC(F)(F)[SiH2]CCCCCC[Si](F)(F)F. The van der Waals surface area contributed by atoms with Gasteiger partial charge in [0.1, 0.15) is 9.52 Å². The second-order valence-electron chi connectivity index (χ2n) is 5.20. The lowest BCUT2D eigenvalue weighted by molar-refractivity contribution is 0.0771. The van der Waals surface area contributed by atoms with Gasteiger partial charge in [-0.1, -0.05) is 45.1 Å². The van der Waals surface area contributed by atoms with E-state index in [0.717, 1.165) is 12.8 Å². The van der Waals surface area contributed by atoms with Crippen LogP contribution >= 0.6 is 0 Å². The normalized spacial score (nSPS) is 13.6. The largest absolute Gasteiger partial charge is 0.616 e. The van der Waals surface area contributed by atoms with Gasteiger partial charge < -0.3 is 0 Å². The molecule has 0 aromatic rings. The molecule has 0 nitrogen and oxygen atoms in total. The van der Waals surface area contributed by atoms with Gasteiger partial charge in [0.15, 0.2) is 0 Å². The predicted molar refractivity (Wildman–Crippen MR) is 74.8 cm³/mol. The van der Waals surface area contributed by atoms with Crippen molar-refractivity contribution in [1.82, 2.24) is 0 Å². The summed E-state index contributed by atoms with van der Waals surface area (Å²) in [5.74, 6) is 0. The summed E-state index contributed by atoms with van der Waals surface area (Å²) in [7, 11) is -6.78. The Labute approximate surface area is 116 Å². The molecule has 0 aliphatic carbocycles. The molecule has 0 bridgehead atoms. The van der Waals surface area contributed by atoms with Crippen molar-refractivity contribution in [3.8, 4) is 0 Å². The zero-order valence-corrected chi connectivity index (χ0v) is 14.1. The molecule has 0 aromatic heterocycles. The number of hydrogen-bond acceptors (Lipinski definition) is 0. The number of hydrogen-bond donors (Lipinski definition) is 0. The Hall–Kier alpha value is 0.0838. The molecule has 0 amide bonds. The number of unbranched alkanes of at least 4 members (excludes halogenated alkanes) is 5. The average Bonchev–Trinajstić information content (AvgIpc) is 2.26. The molecule has 7 heteroatoms. The molecule has 0 heterocycles. The van der Waals surface area contributed by atoms with Gasteiger partial charge in [0, 0.05) is 12.5 Å². The Morgan fingerprint density at radius 1 is 0.895 bits per heavy atom. The van der Waals surface area contributed by atoms with Crippen molar-refractivity contribution in [3.63, 3.8) is 0 Å². The standard InChI is InChI=1S/C12H25F5Si2/c1-2-3-6-9-12(13,14)18-10-7-4-5-8-11-19(15,16)17/h2-11,18H2,1H3. The van der Waals surface area contributed by atoms with E-state index in [4.69, 9.17) is 0 Å². The third-order valence-corrected chi connectivity index (χ3v) is 6.01. The van der Waals surface area contributed by atoms with Crippen molar-refractivity contribution in [3.05, 3.63) is 0 Å². The van der Waals surface area contributed by atoms with Crippen molar-refractivity contribution in [2.75, 3.05) is 0 Å². The molecule has 0 atom stereocenters. The second kappa shape index (κ2) is 9.90. The first-order chi connectivity index (χ1) is 8.77. The lowest BCUT2D eigenvalue weighted by Gasteiger charge is -2.15. The van der Waals surface area contributed by atoms with Gasteiger partial charge in [0.05, 0.1) is 0 Å². The van der Waals surface area contributed by atoms with Crippen molar-refractivity contribution in [2.24, 2.45) is 0 Å². The monoisotopic (exact) mass is 320 g/mol. The fraction of sp³-hybridized carbons (Fsp3) is 1.00. The molecule has 0 unspecified atom stereocenters. The van der Waals surface area contributed by atoms with Crippen LogP contribution < -0.4 is 0 Å². The molecule has 0 rings (SSSR count). The molecule has 0 aliphatic heterocycles. The Balaban J connectivity index is 3.42. The Morgan fingerprint density at radius 3 is 2.11 bits per heavy atom. The molecule has 0 saturated carbocycles. The second-order valence-corrected chi connectivity index (χ2v) is 9.17. The van der Waals surface area contributed by atoms with Crippen LogP contribution in [0.5, 0.6) is 0 Å². The molecule has 116 valence electrons. The third kappa shape index (κ3) is 14.3. The van der Waals surface area contributed by atoms with Crippen LogP contribution in [0.15, 0.2) is 0 Å². The maximum atomic E-state index is 13.4. The van der Waals surface area contributed by atoms with Crippen molar-refractivity contribution in [2.45, 2.75) is 75.9 Å². The summed E-state index contributed by atoms with van der Waals surface area (Å²) in [5.41, 5.74) is -2.45. The lowest BCUT2D eigenvalue weighted by Crippen LogP contribution is -2.24. The van der Waals surface area contributed by atoms with Gasteiger partial charge in [-0.05, 0) is 12.8 Å². The zero-order valence-electron chi connectivity index (χ0n) is 11.7. The van der Waals surface area contributed by atoms with Gasteiger partial charge in [-0.15, -0.1) is 0 Å². The number of alkyl halides is 2. The van der Waals surface area contributed by atoms with Gasteiger partial charge in [0.25, 0.3) is 0 Å². The summed E-state index contributed by atoms with van der Waals surface area (Å²) in [6, 6.07) is -0.0554. The highest BCUT2D eigenvalue weighted by Gasteiger charge is 2.35. The first kappa shape index (κ1) is 19.1. The molecule has 0 N–H and O–H groups in total. The van der Waals surface area contributed by atoms with E-state index in [1.54, 1.807) is 0 Å². The molecule has 19 heavy (non-hydrogen) atoms. The van der Waals surface area contributed by atoms with Crippen molar-refractivity contribution >= 4 is 18.6 Å². The molecular formula is C12H25F5Si2. The summed E-state index contributed by atoms with van der Waals surface area (Å²) in [6.45, 7) is 1.99. The van der Waals surface area contributed by atoms with Crippen LogP contribution in [-0.4, -0.2) is 24.1 Å². The van der Waals surface area contributed by atoms with Gasteiger partial charge in [-0.3, -0.25) is 0 Å². The third-order valence-electron chi connectivity index (χ3n) is 3.15. The molecule has 0 saturated heterocycles. The zero-order chi connectivity index (χ0) is 14.8. The summed E-state index contributed by atoms with van der Waals surface area (Å²) in [5, 5.41) is 0. The van der Waals surface area contributed by atoms with Crippen LogP contribution in [0, 0.1) is 0 Å². The number of halogens is 5. The van der Waals surface area contributed by atoms with Crippen molar-refractivity contribution in [1.29, 1.82) is 0 Å². The molecule has 0 aromatic carbocycles. The highest BCUT2D eigenvalue weighted by Crippen LogP contribution is 2.23. The number of rotatable bonds is 12. The highest BCUT2D eigenvalue weighted by molar-refractivity contribution is 6.58. The fourth-order valence-corrected chi connectivity index (χ4v) is 4.27. The van der Waals surface area contributed by atoms with E-state index >= 15 is 0 Å². The molecule has 0 radical (unpaired) electrons. The summed E-state index contributed by atoms with van der Waals surface area (Å²) >= 11 is 0. The predicted octanol–water partition coefficient (Wildman–Crippen LogP) is 5.15. The minimum Gasteiger partial charge on any atom is -0.238 e. The fourth-order valence-electron chi connectivity index (χ4n) is 2.00. The van der Waals surface area contributed by atoms with E-state index in [1.807, 2.05) is 6.92 Å². The van der Waals surface area contributed by atoms with Gasteiger partial charge >= 0.3 is 9.08 Å². The Morgan fingerprint density at radius 2 is 1.53 bits per heavy atom. The van der Waals surface area contributed by atoms with Crippen LogP contribution in [0.25, 0.3) is 0 Å². The Bertz CT molecular complexity index is 219. The summed E-state index contributed by atoms with van der Waals surface area (Å²) < 4.78 is 62.7. The molecule has 0 fully saturated rings. The van der Waals surface area contributed by atoms with E-state index in [0.29, 0.717) is 31.7 Å². The van der Waals surface area contributed by atoms with Gasteiger partial charge in [-0.2, -0.15) is 0 Å². The maximum absolute atomic E-state index is 13.4. The minimum absolute atomic E-state index is 0.00668. The topological polar surface area (TPSA) is 0 Å². The van der Waals surface area contributed by atoms with E-state index < -0.39 is 30.2 Å². The quantitative estimate of drug-likeness (QED) is 0.202. The van der Waals surface area contributed by atoms with Crippen LogP contribution in [0.4, 0.5) is 21.1 Å². The van der Waals surface area contributed by atoms with Gasteiger partial charge in [0.2, 0.25) is 5.55 Å². The summed E-state index contributed by atoms with van der Waals surface area (Å²) in [4.78, 5) is 0.